The van der Waals surface area contributed by atoms with Crippen LogP contribution < -0.4 is 5.32 Å². The van der Waals surface area contributed by atoms with E-state index < -0.39 is 26.7 Å². The van der Waals surface area contributed by atoms with E-state index in [-0.39, 0.29) is 12.1 Å². The average molecular weight is 320 g/mol. The SMILES string of the molecule is O=S(=O)(c1ccccc1C(F)(F)F)N1C2CCC1CNC2. The molecule has 1 aromatic carbocycles. The Labute approximate surface area is 121 Å². The number of hydrogen-bond acceptors (Lipinski definition) is 3. The fourth-order valence-electron chi connectivity index (χ4n) is 3.17. The van der Waals surface area contributed by atoms with Crippen molar-refractivity contribution in [2.75, 3.05) is 13.1 Å². The molecule has 0 radical (unpaired) electrons. The molecule has 2 bridgehead atoms. The Bertz CT molecular complexity index is 629. The summed E-state index contributed by atoms with van der Waals surface area (Å²) in [5.74, 6) is 0. The molecule has 21 heavy (non-hydrogen) atoms. The van der Waals surface area contributed by atoms with Crippen molar-refractivity contribution in [2.45, 2.75) is 36.0 Å². The predicted octanol–water partition coefficient (Wildman–Crippen LogP) is 1.83. The van der Waals surface area contributed by atoms with Crippen molar-refractivity contribution in [1.82, 2.24) is 9.62 Å². The number of fused-ring (bicyclic) bond motifs is 2. The van der Waals surface area contributed by atoms with Crippen molar-refractivity contribution < 1.29 is 21.6 Å². The van der Waals surface area contributed by atoms with Gasteiger partial charge in [0.15, 0.2) is 0 Å². The predicted molar refractivity (Wildman–Crippen MR) is 70.1 cm³/mol. The van der Waals surface area contributed by atoms with Gasteiger partial charge in [-0.15, -0.1) is 0 Å². The van der Waals surface area contributed by atoms with Gasteiger partial charge in [0, 0.05) is 25.2 Å². The molecule has 0 amide bonds. The highest BCUT2D eigenvalue weighted by atomic mass is 32.2. The van der Waals surface area contributed by atoms with Crippen molar-refractivity contribution >= 4 is 10.0 Å². The third-order valence-corrected chi connectivity index (χ3v) is 6.12. The number of benzene rings is 1. The summed E-state index contributed by atoms with van der Waals surface area (Å²) in [5, 5.41) is 3.12. The molecule has 2 aliphatic heterocycles. The molecule has 2 unspecified atom stereocenters. The van der Waals surface area contributed by atoms with E-state index in [1.54, 1.807) is 0 Å². The molecule has 8 heteroatoms. The van der Waals surface area contributed by atoms with Gasteiger partial charge in [-0.25, -0.2) is 8.42 Å². The Hall–Kier alpha value is -1.12. The number of rotatable bonds is 2. The Kier molecular flexibility index (Phi) is 3.50. The van der Waals surface area contributed by atoms with Gasteiger partial charge >= 0.3 is 6.18 Å². The summed E-state index contributed by atoms with van der Waals surface area (Å²) in [6.45, 7) is 0.980. The molecule has 0 aromatic heterocycles. The van der Waals surface area contributed by atoms with Gasteiger partial charge in [-0.1, -0.05) is 12.1 Å². The van der Waals surface area contributed by atoms with Gasteiger partial charge < -0.3 is 5.32 Å². The zero-order valence-corrected chi connectivity index (χ0v) is 11.9. The van der Waals surface area contributed by atoms with Crippen molar-refractivity contribution in [2.24, 2.45) is 0 Å². The molecule has 2 fully saturated rings. The first-order valence-corrected chi connectivity index (χ1v) is 8.16. The lowest BCUT2D eigenvalue weighted by molar-refractivity contribution is -0.139. The maximum atomic E-state index is 13.1. The molecule has 2 atom stereocenters. The van der Waals surface area contributed by atoms with E-state index in [0.717, 1.165) is 12.1 Å². The number of sulfonamides is 1. The standard InChI is InChI=1S/C13H15F3N2O2S/c14-13(15,16)11-3-1-2-4-12(11)21(19,20)18-9-5-6-10(18)8-17-7-9/h1-4,9-10,17H,5-8H2. The smallest absolute Gasteiger partial charge is 0.314 e. The highest BCUT2D eigenvalue weighted by Gasteiger charge is 2.47. The highest BCUT2D eigenvalue weighted by Crippen LogP contribution is 2.38. The summed E-state index contributed by atoms with van der Waals surface area (Å²) >= 11 is 0. The molecule has 0 spiro atoms. The first-order valence-electron chi connectivity index (χ1n) is 6.72. The van der Waals surface area contributed by atoms with E-state index in [9.17, 15) is 21.6 Å². The van der Waals surface area contributed by atoms with Gasteiger partial charge in [-0.05, 0) is 25.0 Å². The number of halogens is 3. The lowest BCUT2D eigenvalue weighted by atomic mass is 10.2. The third-order valence-electron chi connectivity index (χ3n) is 4.06. The van der Waals surface area contributed by atoms with E-state index >= 15 is 0 Å². The highest BCUT2D eigenvalue weighted by molar-refractivity contribution is 7.89. The Morgan fingerprint density at radius 1 is 1.10 bits per heavy atom. The second-order valence-corrected chi connectivity index (χ2v) is 7.18. The molecule has 2 aliphatic rings. The van der Waals surface area contributed by atoms with Gasteiger partial charge in [0.2, 0.25) is 10.0 Å². The summed E-state index contributed by atoms with van der Waals surface area (Å²) in [5.41, 5.74) is -1.09. The van der Waals surface area contributed by atoms with Crippen LogP contribution in [-0.4, -0.2) is 37.9 Å². The molecule has 116 valence electrons. The second-order valence-electron chi connectivity index (χ2n) is 5.37. The van der Waals surface area contributed by atoms with Crippen molar-refractivity contribution in [3.63, 3.8) is 0 Å². The van der Waals surface area contributed by atoms with Gasteiger partial charge in [-0.2, -0.15) is 17.5 Å². The lowest BCUT2D eigenvalue weighted by Crippen LogP contribution is -2.54. The van der Waals surface area contributed by atoms with Gasteiger partial charge in [0.25, 0.3) is 0 Å². The van der Waals surface area contributed by atoms with Crippen LogP contribution in [0.25, 0.3) is 0 Å². The lowest BCUT2D eigenvalue weighted by Gasteiger charge is -2.34. The molecule has 1 N–H and O–H groups in total. The van der Waals surface area contributed by atoms with Crippen LogP contribution in [0.5, 0.6) is 0 Å². The van der Waals surface area contributed by atoms with Crippen LogP contribution in [0.2, 0.25) is 0 Å². The van der Waals surface area contributed by atoms with E-state index in [1.165, 1.54) is 16.4 Å². The van der Waals surface area contributed by atoms with E-state index in [2.05, 4.69) is 5.32 Å². The largest absolute Gasteiger partial charge is 0.417 e. The van der Waals surface area contributed by atoms with Crippen molar-refractivity contribution in [3.8, 4) is 0 Å². The number of nitrogens with zero attached hydrogens (tertiary/aromatic N) is 1. The topological polar surface area (TPSA) is 49.4 Å². The monoisotopic (exact) mass is 320 g/mol. The zero-order chi connectivity index (χ0) is 15.3. The first-order chi connectivity index (χ1) is 9.82. The quantitative estimate of drug-likeness (QED) is 0.904. The second kappa shape index (κ2) is 4.96. The number of piperazine rings is 1. The first kappa shape index (κ1) is 14.8. The van der Waals surface area contributed by atoms with Gasteiger partial charge in [0.1, 0.15) is 0 Å². The molecular weight excluding hydrogens is 305 g/mol. The number of hydrogen-bond donors (Lipinski definition) is 1. The summed E-state index contributed by atoms with van der Waals surface area (Å²) in [4.78, 5) is -0.642. The fraction of sp³-hybridized carbons (Fsp3) is 0.538. The van der Waals surface area contributed by atoms with Crippen LogP contribution in [0.15, 0.2) is 29.2 Å². The summed E-state index contributed by atoms with van der Waals surface area (Å²) < 4.78 is 65.9. The minimum Gasteiger partial charge on any atom is -0.314 e. The molecule has 0 aliphatic carbocycles. The number of nitrogens with one attached hydrogen (secondary N) is 1. The van der Waals surface area contributed by atoms with Crippen molar-refractivity contribution in [3.05, 3.63) is 29.8 Å². The van der Waals surface area contributed by atoms with Crippen molar-refractivity contribution in [1.29, 1.82) is 0 Å². The molecule has 2 heterocycles. The Morgan fingerprint density at radius 2 is 1.67 bits per heavy atom. The number of alkyl halides is 3. The van der Waals surface area contributed by atoms with Crippen LogP contribution in [0.3, 0.4) is 0 Å². The van der Waals surface area contributed by atoms with Crippen LogP contribution in [-0.2, 0) is 16.2 Å². The van der Waals surface area contributed by atoms with E-state index in [1.807, 2.05) is 0 Å². The minimum atomic E-state index is -4.68. The van der Waals surface area contributed by atoms with Gasteiger partial charge in [-0.3, -0.25) is 0 Å². The normalized spacial score (nSPS) is 27.0. The molecule has 3 rings (SSSR count). The Morgan fingerprint density at radius 3 is 2.24 bits per heavy atom. The summed E-state index contributed by atoms with van der Waals surface area (Å²) in [7, 11) is -4.14. The zero-order valence-electron chi connectivity index (χ0n) is 11.1. The van der Waals surface area contributed by atoms with Gasteiger partial charge in [0.05, 0.1) is 10.5 Å². The maximum absolute atomic E-state index is 13.1. The fourth-order valence-corrected chi connectivity index (χ4v) is 5.25. The third kappa shape index (κ3) is 2.45. The van der Waals surface area contributed by atoms with Crippen LogP contribution in [0, 0.1) is 0 Å². The maximum Gasteiger partial charge on any atom is 0.417 e. The average Bonchev–Trinajstić information content (AvgIpc) is 2.69. The molecule has 2 saturated heterocycles. The molecule has 1 aromatic rings. The molecule has 0 saturated carbocycles. The van der Waals surface area contributed by atoms with Crippen LogP contribution in [0.1, 0.15) is 18.4 Å². The Balaban J connectivity index is 2.08. The summed E-state index contributed by atoms with van der Waals surface area (Å²) in [6, 6.07) is 3.88. The molecule has 4 nitrogen and oxygen atoms in total. The van der Waals surface area contributed by atoms with Crippen LogP contribution in [0.4, 0.5) is 13.2 Å². The minimum absolute atomic E-state index is 0.255. The van der Waals surface area contributed by atoms with E-state index in [4.69, 9.17) is 0 Å². The van der Waals surface area contributed by atoms with Crippen LogP contribution >= 0.6 is 0 Å². The summed E-state index contributed by atoms with van der Waals surface area (Å²) in [6.07, 6.45) is -3.31. The molecular formula is C13H15F3N2O2S. The van der Waals surface area contributed by atoms with E-state index in [0.29, 0.717) is 25.9 Å².